The van der Waals surface area contributed by atoms with Gasteiger partial charge in [0.1, 0.15) is 5.75 Å². The molecule has 0 aromatic heterocycles. The van der Waals surface area contributed by atoms with Crippen LogP contribution in [0.25, 0.3) is 0 Å². The number of fused-ring (bicyclic) bond motifs is 1. The van der Waals surface area contributed by atoms with E-state index in [1.807, 2.05) is 18.2 Å². The Bertz CT molecular complexity index is 713. The zero-order valence-electron chi connectivity index (χ0n) is 15.1. The van der Waals surface area contributed by atoms with Crippen LogP contribution in [-0.4, -0.2) is 74.7 Å². The van der Waals surface area contributed by atoms with Gasteiger partial charge in [0, 0.05) is 33.2 Å². The second-order valence-electron chi connectivity index (χ2n) is 6.37. The van der Waals surface area contributed by atoms with E-state index < -0.39 is 0 Å². The van der Waals surface area contributed by atoms with Crippen molar-refractivity contribution in [1.29, 1.82) is 0 Å². The summed E-state index contributed by atoms with van der Waals surface area (Å²) in [4.78, 5) is 41.0. The highest BCUT2D eigenvalue weighted by molar-refractivity contribution is 5.95. The van der Waals surface area contributed by atoms with E-state index >= 15 is 0 Å². The van der Waals surface area contributed by atoms with Gasteiger partial charge in [-0.25, -0.2) is 4.79 Å². The Hall–Kier alpha value is -2.77. The minimum Gasteiger partial charge on any atom is -0.491 e. The number of rotatable bonds is 2. The number of nitrogens with zero attached hydrogens (tertiary/aromatic N) is 3. The SMILES string of the molecule is COC(=O)N1CCN(C(=O)Cc2ccc3c(c2)N(C)C(=O)CCO3)CC1. The number of amides is 3. The fourth-order valence-electron chi connectivity index (χ4n) is 3.16. The molecule has 0 atom stereocenters. The van der Waals surface area contributed by atoms with E-state index in [1.54, 1.807) is 21.7 Å². The molecule has 8 heteroatoms. The largest absolute Gasteiger partial charge is 0.491 e. The van der Waals surface area contributed by atoms with Gasteiger partial charge in [-0.3, -0.25) is 9.59 Å². The van der Waals surface area contributed by atoms with Gasteiger partial charge in [-0.05, 0) is 17.7 Å². The van der Waals surface area contributed by atoms with Gasteiger partial charge in [0.2, 0.25) is 11.8 Å². The first-order valence-electron chi connectivity index (χ1n) is 8.62. The van der Waals surface area contributed by atoms with Crippen LogP contribution in [0.3, 0.4) is 0 Å². The zero-order valence-corrected chi connectivity index (χ0v) is 15.1. The zero-order chi connectivity index (χ0) is 18.7. The number of piperazine rings is 1. The predicted molar refractivity (Wildman–Crippen MR) is 94.2 cm³/mol. The van der Waals surface area contributed by atoms with Crippen LogP contribution in [0, 0.1) is 0 Å². The van der Waals surface area contributed by atoms with E-state index in [1.165, 1.54) is 7.11 Å². The highest BCUT2D eigenvalue weighted by Crippen LogP contribution is 2.31. The second-order valence-corrected chi connectivity index (χ2v) is 6.37. The van der Waals surface area contributed by atoms with Crippen LogP contribution in [0.2, 0.25) is 0 Å². The molecule has 1 saturated heterocycles. The van der Waals surface area contributed by atoms with E-state index in [2.05, 4.69) is 0 Å². The van der Waals surface area contributed by atoms with Crippen LogP contribution >= 0.6 is 0 Å². The Labute approximate surface area is 152 Å². The summed E-state index contributed by atoms with van der Waals surface area (Å²) in [6.45, 7) is 2.26. The summed E-state index contributed by atoms with van der Waals surface area (Å²) in [5, 5.41) is 0. The first kappa shape index (κ1) is 18.0. The standard InChI is InChI=1S/C18H23N3O5/c1-19-14-11-13(3-4-15(14)26-10-5-16(19)22)12-17(23)20-6-8-21(9-7-20)18(24)25-2/h3-4,11H,5-10,12H2,1-2H3. The predicted octanol–water partition coefficient (Wildman–Crippen LogP) is 0.885. The summed E-state index contributed by atoms with van der Waals surface area (Å²) in [5.74, 6) is 0.644. The molecule has 8 nitrogen and oxygen atoms in total. The lowest BCUT2D eigenvalue weighted by atomic mass is 10.1. The molecule has 0 unspecified atom stereocenters. The van der Waals surface area contributed by atoms with Crippen molar-refractivity contribution >= 4 is 23.6 Å². The molecule has 1 aromatic rings. The third-order valence-electron chi connectivity index (χ3n) is 4.75. The molecule has 3 rings (SSSR count). The molecular formula is C18H23N3O5. The molecule has 0 aliphatic carbocycles. The number of anilines is 1. The van der Waals surface area contributed by atoms with Gasteiger partial charge in [-0.1, -0.05) is 6.07 Å². The van der Waals surface area contributed by atoms with Crippen molar-refractivity contribution in [3.8, 4) is 5.75 Å². The molecule has 26 heavy (non-hydrogen) atoms. The fraction of sp³-hybridized carbons (Fsp3) is 0.500. The van der Waals surface area contributed by atoms with Crippen molar-refractivity contribution in [3.63, 3.8) is 0 Å². The van der Waals surface area contributed by atoms with Gasteiger partial charge in [0.05, 0.1) is 32.2 Å². The second kappa shape index (κ2) is 7.63. The lowest BCUT2D eigenvalue weighted by Crippen LogP contribution is -2.50. The third-order valence-corrected chi connectivity index (χ3v) is 4.75. The monoisotopic (exact) mass is 361 g/mol. The molecule has 1 fully saturated rings. The molecule has 2 aliphatic rings. The fourth-order valence-corrected chi connectivity index (χ4v) is 3.16. The molecule has 2 aliphatic heterocycles. The molecule has 3 amide bonds. The van der Waals surface area contributed by atoms with E-state index in [9.17, 15) is 14.4 Å². The minimum atomic E-state index is -0.365. The van der Waals surface area contributed by atoms with Crippen LogP contribution in [0.1, 0.15) is 12.0 Å². The van der Waals surface area contributed by atoms with Crippen molar-refractivity contribution in [1.82, 2.24) is 9.80 Å². The van der Waals surface area contributed by atoms with Gasteiger partial charge >= 0.3 is 6.09 Å². The summed E-state index contributed by atoms with van der Waals surface area (Å²) >= 11 is 0. The van der Waals surface area contributed by atoms with Crippen molar-refractivity contribution in [2.24, 2.45) is 0 Å². The number of hydrogen-bond acceptors (Lipinski definition) is 5. The Balaban J connectivity index is 1.64. The molecule has 0 bridgehead atoms. The molecular weight excluding hydrogens is 338 g/mol. The van der Waals surface area contributed by atoms with Crippen LogP contribution < -0.4 is 9.64 Å². The average Bonchev–Trinajstić information content (AvgIpc) is 2.80. The topological polar surface area (TPSA) is 79.4 Å². The van der Waals surface area contributed by atoms with Crippen LogP contribution in [0.15, 0.2) is 18.2 Å². The quantitative estimate of drug-likeness (QED) is 0.781. The lowest BCUT2D eigenvalue weighted by molar-refractivity contribution is -0.132. The number of carbonyl (C=O) groups is 3. The maximum atomic E-state index is 12.6. The maximum Gasteiger partial charge on any atom is 0.409 e. The average molecular weight is 361 g/mol. The number of hydrogen-bond donors (Lipinski definition) is 0. The number of carbonyl (C=O) groups excluding carboxylic acids is 3. The van der Waals surface area contributed by atoms with Crippen molar-refractivity contribution in [2.75, 3.05) is 51.8 Å². The third kappa shape index (κ3) is 3.74. The summed E-state index contributed by atoms with van der Waals surface area (Å²) in [7, 11) is 3.07. The van der Waals surface area contributed by atoms with Crippen LogP contribution in [0.4, 0.5) is 10.5 Å². The first-order chi connectivity index (χ1) is 12.5. The molecule has 0 radical (unpaired) electrons. The summed E-state index contributed by atoms with van der Waals surface area (Å²) < 4.78 is 10.3. The van der Waals surface area contributed by atoms with Crippen LogP contribution in [0.5, 0.6) is 5.75 Å². The number of methoxy groups -OCH3 is 1. The molecule has 2 heterocycles. The molecule has 1 aromatic carbocycles. The maximum absolute atomic E-state index is 12.6. The molecule has 0 N–H and O–H groups in total. The molecule has 0 spiro atoms. The summed E-state index contributed by atoms with van der Waals surface area (Å²) in [6.07, 6.45) is 0.216. The smallest absolute Gasteiger partial charge is 0.409 e. The van der Waals surface area contributed by atoms with E-state index in [0.29, 0.717) is 50.6 Å². The van der Waals surface area contributed by atoms with Crippen LogP contribution in [-0.2, 0) is 20.7 Å². The van der Waals surface area contributed by atoms with Gasteiger partial charge in [0.25, 0.3) is 0 Å². The number of ether oxygens (including phenoxy) is 2. The lowest BCUT2D eigenvalue weighted by Gasteiger charge is -2.34. The normalized spacial score (nSPS) is 17.3. The van der Waals surface area contributed by atoms with E-state index in [0.717, 1.165) is 5.56 Å². The van der Waals surface area contributed by atoms with Gasteiger partial charge in [-0.15, -0.1) is 0 Å². The minimum absolute atomic E-state index is 0.00187. The Morgan fingerprint density at radius 3 is 2.54 bits per heavy atom. The van der Waals surface area contributed by atoms with Gasteiger partial charge in [0.15, 0.2) is 0 Å². The van der Waals surface area contributed by atoms with E-state index in [4.69, 9.17) is 9.47 Å². The molecule has 0 saturated carbocycles. The first-order valence-corrected chi connectivity index (χ1v) is 8.62. The van der Waals surface area contributed by atoms with Crippen molar-refractivity contribution in [3.05, 3.63) is 23.8 Å². The molecule has 140 valence electrons. The Morgan fingerprint density at radius 1 is 1.15 bits per heavy atom. The van der Waals surface area contributed by atoms with E-state index in [-0.39, 0.29) is 24.3 Å². The Kier molecular flexibility index (Phi) is 5.29. The highest BCUT2D eigenvalue weighted by Gasteiger charge is 2.25. The Morgan fingerprint density at radius 2 is 1.85 bits per heavy atom. The van der Waals surface area contributed by atoms with Gasteiger partial charge < -0.3 is 24.2 Å². The number of benzene rings is 1. The van der Waals surface area contributed by atoms with Gasteiger partial charge in [-0.2, -0.15) is 0 Å². The van der Waals surface area contributed by atoms with Crippen molar-refractivity contribution in [2.45, 2.75) is 12.8 Å². The summed E-state index contributed by atoms with van der Waals surface area (Å²) in [6, 6.07) is 5.49. The van der Waals surface area contributed by atoms with Crippen molar-refractivity contribution < 1.29 is 23.9 Å². The highest BCUT2D eigenvalue weighted by atomic mass is 16.5. The summed E-state index contributed by atoms with van der Waals surface area (Å²) in [5.41, 5.74) is 1.52.